The van der Waals surface area contributed by atoms with Crippen LogP contribution in [-0.2, 0) is 0 Å². The molecule has 80 valence electrons. The lowest BCUT2D eigenvalue weighted by Gasteiger charge is -2.17. The molecule has 2 heteroatoms. The van der Waals surface area contributed by atoms with Crippen molar-refractivity contribution in [3.63, 3.8) is 0 Å². The number of hydrogen-bond acceptors (Lipinski definition) is 1. The van der Waals surface area contributed by atoms with Gasteiger partial charge in [0.25, 0.3) is 0 Å². The first-order valence-corrected chi connectivity index (χ1v) is 5.74. The molecule has 0 aliphatic rings. The van der Waals surface area contributed by atoms with E-state index in [4.69, 9.17) is 0 Å². The van der Waals surface area contributed by atoms with Crippen LogP contribution in [0.1, 0.15) is 34.6 Å². The number of hydrogen-bond donors (Lipinski definition) is 0. The summed E-state index contributed by atoms with van der Waals surface area (Å²) >= 11 is 1.74. The van der Waals surface area contributed by atoms with Crippen LogP contribution in [0.5, 0.6) is 0 Å². The van der Waals surface area contributed by atoms with Crippen molar-refractivity contribution < 1.29 is 4.39 Å². The topological polar surface area (TPSA) is 0 Å². The van der Waals surface area contributed by atoms with Crippen molar-refractivity contribution in [1.82, 2.24) is 0 Å². The number of benzene rings is 1. The molecule has 0 heterocycles. The van der Waals surface area contributed by atoms with Gasteiger partial charge in [-0.3, -0.25) is 0 Å². The van der Waals surface area contributed by atoms with Gasteiger partial charge in [-0.2, -0.15) is 0 Å². The van der Waals surface area contributed by atoms with Crippen LogP contribution in [0.25, 0.3) is 0 Å². The van der Waals surface area contributed by atoms with Gasteiger partial charge < -0.3 is 0 Å². The molecule has 0 saturated heterocycles. The maximum absolute atomic E-state index is 12.5. The Morgan fingerprint density at radius 2 is 1.43 bits per heavy atom. The maximum atomic E-state index is 12.5. The fourth-order valence-electron chi connectivity index (χ4n) is 0.856. The molecule has 1 aromatic carbocycles. The smallest absolute Gasteiger partial charge is 0.123 e. The first-order valence-electron chi connectivity index (χ1n) is 4.92. The largest absolute Gasteiger partial charge is 0.207 e. The summed E-state index contributed by atoms with van der Waals surface area (Å²) in [7, 11) is 0. The molecule has 0 nitrogen and oxygen atoms in total. The lowest BCUT2D eigenvalue weighted by Crippen LogP contribution is -2.06. The standard InChI is InChI=1S/C10H13FS.C2H6/c1-10(2,3)12-9-6-4-8(11)5-7-9;1-2/h4-7H,1-3H3;1-2H3. The van der Waals surface area contributed by atoms with Gasteiger partial charge in [0.1, 0.15) is 5.82 Å². The van der Waals surface area contributed by atoms with Crippen molar-refractivity contribution in [3.05, 3.63) is 30.1 Å². The quantitative estimate of drug-likeness (QED) is 0.608. The zero-order valence-electron chi connectivity index (χ0n) is 9.60. The lowest BCUT2D eigenvalue weighted by atomic mass is 10.3. The summed E-state index contributed by atoms with van der Waals surface area (Å²) in [4.78, 5) is 1.11. The maximum Gasteiger partial charge on any atom is 0.123 e. The second kappa shape index (κ2) is 6.07. The molecule has 0 N–H and O–H groups in total. The van der Waals surface area contributed by atoms with Crippen molar-refractivity contribution in [1.29, 1.82) is 0 Å². The van der Waals surface area contributed by atoms with E-state index in [1.54, 1.807) is 11.8 Å². The number of thioether (sulfide) groups is 1. The highest BCUT2D eigenvalue weighted by atomic mass is 32.2. The molecule has 0 fully saturated rings. The monoisotopic (exact) mass is 214 g/mol. The Hall–Kier alpha value is -0.500. The average molecular weight is 214 g/mol. The molecule has 0 aliphatic carbocycles. The SMILES string of the molecule is CC.CC(C)(C)Sc1ccc(F)cc1. The molecular formula is C12H19FS. The molecule has 0 amide bonds. The van der Waals surface area contributed by atoms with E-state index in [1.165, 1.54) is 12.1 Å². The van der Waals surface area contributed by atoms with Crippen molar-refractivity contribution >= 4 is 11.8 Å². The zero-order chi connectivity index (χ0) is 11.2. The Bertz CT molecular complexity index is 246. The molecule has 0 radical (unpaired) electrons. The minimum absolute atomic E-state index is 0.173. The Labute approximate surface area is 90.9 Å². The van der Waals surface area contributed by atoms with Gasteiger partial charge in [-0.1, -0.05) is 34.6 Å². The summed E-state index contributed by atoms with van der Waals surface area (Å²) < 4.78 is 12.7. The molecule has 0 aliphatic heterocycles. The fraction of sp³-hybridized carbons (Fsp3) is 0.500. The fourth-order valence-corrected chi connectivity index (χ4v) is 1.84. The predicted octanol–water partition coefficient (Wildman–Crippen LogP) is 4.74. The van der Waals surface area contributed by atoms with Gasteiger partial charge >= 0.3 is 0 Å². The number of halogens is 1. The van der Waals surface area contributed by atoms with Crippen LogP contribution in [0.2, 0.25) is 0 Å². The first kappa shape index (κ1) is 13.5. The van der Waals surface area contributed by atoms with E-state index >= 15 is 0 Å². The van der Waals surface area contributed by atoms with Crippen molar-refractivity contribution in [2.45, 2.75) is 44.3 Å². The summed E-state index contributed by atoms with van der Waals surface area (Å²) in [5.41, 5.74) is 0. The molecule has 0 atom stereocenters. The highest BCUT2D eigenvalue weighted by Crippen LogP contribution is 2.31. The van der Waals surface area contributed by atoms with Crippen molar-refractivity contribution in [2.24, 2.45) is 0 Å². The Morgan fingerprint density at radius 3 is 1.79 bits per heavy atom. The van der Waals surface area contributed by atoms with E-state index in [0.29, 0.717) is 0 Å². The minimum atomic E-state index is -0.173. The second-order valence-corrected chi connectivity index (χ2v) is 5.57. The molecule has 0 spiro atoms. The van der Waals surface area contributed by atoms with Gasteiger partial charge in [0, 0.05) is 9.64 Å². The third kappa shape index (κ3) is 6.03. The van der Waals surface area contributed by atoms with Gasteiger partial charge in [-0.25, -0.2) is 4.39 Å². The average Bonchev–Trinajstić information content (AvgIpc) is 2.10. The molecule has 14 heavy (non-hydrogen) atoms. The Kier molecular flexibility index (Phi) is 5.86. The first-order chi connectivity index (χ1) is 6.47. The van der Waals surface area contributed by atoms with Crippen LogP contribution in [0.15, 0.2) is 29.2 Å². The Morgan fingerprint density at radius 1 is 1.00 bits per heavy atom. The van der Waals surface area contributed by atoms with Crippen LogP contribution >= 0.6 is 11.8 Å². The molecule has 0 aromatic heterocycles. The van der Waals surface area contributed by atoms with Crippen LogP contribution in [0, 0.1) is 5.82 Å². The van der Waals surface area contributed by atoms with E-state index < -0.39 is 0 Å². The van der Waals surface area contributed by atoms with Gasteiger partial charge in [0.2, 0.25) is 0 Å². The van der Waals surface area contributed by atoms with Crippen LogP contribution in [-0.4, -0.2) is 4.75 Å². The highest BCUT2D eigenvalue weighted by molar-refractivity contribution is 8.00. The van der Waals surface area contributed by atoms with E-state index in [-0.39, 0.29) is 10.6 Å². The van der Waals surface area contributed by atoms with Crippen LogP contribution < -0.4 is 0 Å². The van der Waals surface area contributed by atoms with Crippen LogP contribution in [0.3, 0.4) is 0 Å². The van der Waals surface area contributed by atoms with E-state index in [1.807, 2.05) is 26.0 Å². The normalized spacial score (nSPS) is 10.4. The second-order valence-electron chi connectivity index (χ2n) is 3.67. The summed E-state index contributed by atoms with van der Waals surface area (Å²) in [6.45, 7) is 10.4. The highest BCUT2D eigenvalue weighted by Gasteiger charge is 2.11. The lowest BCUT2D eigenvalue weighted by molar-refractivity contribution is 0.626. The van der Waals surface area contributed by atoms with Gasteiger partial charge in [0.15, 0.2) is 0 Å². The zero-order valence-corrected chi connectivity index (χ0v) is 10.4. The molecule has 0 saturated carbocycles. The predicted molar refractivity (Wildman–Crippen MR) is 63.4 cm³/mol. The number of rotatable bonds is 1. The molecule has 0 unspecified atom stereocenters. The summed E-state index contributed by atoms with van der Waals surface area (Å²) in [6, 6.07) is 6.61. The minimum Gasteiger partial charge on any atom is -0.207 e. The van der Waals surface area contributed by atoms with Crippen molar-refractivity contribution in [3.8, 4) is 0 Å². The van der Waals surface area contributed by atoms with Gasteiger partial charge in [-0.05, 0) is 24.3 Å². The van der Waals surface area contributed by atoms with E-state index in [9.17, 15) is 4.39 Å². The van der Waals surface area contributed by atoms with Gasteiger partial charge in [-0.15, -0.1) is 11.8 Å². The molecule has 1 rings (SSSR count). The summed E-state index contributed by atoms with van der Waals surface area (Å²) in [5.74, 6) is -0.173. The third-order valence-corrected chi connectivity index (χ3v) is 2.36. The van der Waals surface area contributed by atoms with E-state index in [2.05, 4.69) is 20.8 Å². The molecular weight excluding hydrogens is 195 g/mol. The molecule has 1 aromatic rings. The molecule has 0 bridgehead atoms. The van der Waals surface area contributed by atoms with Crippen molar-refractivity contribution in [2.75, 3.05) is 0 Å². The van der Waals surface area contributed by atoms with Gasteiger partial charge in [0.05, 0.1) is 0 Å². The van der Waals surface area contributed by atoms with E-state index in [0.717, 1.165) is 4.90 Å². The summed E-state index contributed by atoms with van der Waals surface area (Å²) in [5, 5.41) is 0. The van der Waals surface area contributed by atoms with Crippen LogP contribution in [0.4, 0.5) is 4.39 Å². The Balaban J connectivity index is 0.000000791. The summed E-state index contributed by atoms with van der Waals surface area (Å²) in [6.07, 6.45) is 0. The third-order valence-electron chi connectivity index (χ3n) is 1.24.